The second-order valence-corrected chi connectivity index (χ2v) is 7.80. The highest BCUT2D eigenvalue weighted by Gasteiger charge is 2.30. The van der Waals surface area contributed by atoms with Crippen LogP contribution in [0.15, 0.2) is 58.6 Å². The van der Waals surface area contributed by atoms with Crippen molar-refractivity contribution in [3.05, 3.63) is 58.6 Å². The highest BCUT2D eigenvalue weighted by Crippen LogP contribution is 2.25. The molecule has 0 spiro atoms. The number of Topliss-reactive ketones (excluding diaryl/α,β-unsaturated/α-hetero) is 1. The number of nitrogens with two attached hydrogens (primary N) is 1. The Kier molecular flexibility index (Phi) is 9.19. The summed E-state index contributed by atoms with van der Waals surface area (Å²) in [4.78, 5) is 49.1. The number of primary amides is 1. The first-order valence-electron chi connectivity index (χ1n) is 10.6. The molecule has 1 atom stereocenters. The fourth-order valence-electron chi connectivity index (χ4n) is 3.50. The summed E-state index contributed by atoms with van der Waals surface area (Å²) in [5.41, 5.74) is 6.57. The lowest BCUT2D eigenvalue weighted by molar-refractivity contribution is -0.120. The third-order valence-electron chi connectivity index (χ3n) is 5.20. The SMILES string of the molecule is COC1=C2C/C(C)=C/CCCCC(OC(N)=O)C/C=C/C=C(/C)C(=O)NC(=CC1=O)C2=O. The first kappa shape index (κ1) is 24.8. The molecule has 0 fully saturated rings. The molecule has 2 amide bonds. The van der Waals surface area contributed by atoms with Gasteiger partial charge in [-0.05, 0) is 39.5 Å². The van der Waals surface area contributed by atoms with Gasteiger partial charge in [-0.3, -0.25) is 14.4 Å². The van der Waals surface area contributed by atoms with Crippen LogP contribution in [0.3, 0.4) is 0 Å². The standard InChI is InChI=1S/C24H30N2O6/c1-15-9-5-4-6-11-17(32-24(25)30)12-8-7-10-16(2)23(29)26-19-14-20(27)22(31-3)18(13-15)21(19)28/h7-10,14,17H,4-6,11-13H2,1-3H3,(H2,25,30)(H,26,29)/b8-7+,15-9+,16-10-. The van der Waals surface area contributed by atoms with Crippen molar-refractivity contribution in [2.24, 2.45) is 5.73 Å². The summed E-state index contributed by atoms with van der Waals surface area (Å²) in [7, 11) is 1.35. The van der Waals surface area contributed by atoms with E-state index >= 15 is 0 Å². The van der Waals surface area contributed by atoms with Crippen molar-refractivity contribution in [2.45, 2.75) is 58.5 Å². The lowest BCUT2D eigenvalue weighted by Crippen LogP contribution is -2.33. The predicted octanol–water partition coefficient (Wildman–Crippen LogP) is 3.31. The van der Waals surface area contributed by atoms with Gasteiger partial charge in [0.1, 0.15) is 6.10 Å². The van der Waals surface area contributed by atoms with Crippen LogP contribution in [0.2, 0.25) is 0 Å². The fourth-order valence-corrected chi connectivity index (χ4v) is 3.50. The molecule has 2 aliphatic rings. The highest BCUT2D eigenvalue weighted by atomic mass is 16.6. The van der Waals surface area contributed by atoms with Crippen molar-refractivity contribution in [3.8, 4) is 0 Å². The largest absolute Gasteiger partial charge is 0.492 e. The van der Waals surface area contributed by atoms with Crippen molar-refractivity contribution in [2.75, 3.05) is 7.11 Å². The minimum absolute atomic E-state index is 0.00297. The molecule has 3 N–H and O–H groups in total. The van der Waals surface area contributed by atoms with E-state index in [1.54, 1.807) is 25.2 Å². The molecule has 2 rings (SSSR count). The maximum Gasteiger partial charge on any atom is 0.404 e. The van der Waals surface area contributed by atoms with E-state index in [1.165, 1.54) is 7.11 Å². The number of amides is 2. The third-order valence-corrected chi connectivity index (χ3v) is 5.20. The minimum Gasteiger partial charge on any atom is -0.492 e. The Bertz CT molecular complexity index is 936. The first-order valence-corrected chi connectivity index (χ1v) is 10.6. The summed E-state index contributed by atoms with van der Waals surface area (Å²) in [6.45, 7) is 3.47. The van der Waals surface area contributed by atoms with E-state index in [2.05, 4.69) is 5.32 Å². The maximum atomic E-state index is 13.0. The highest BCUT2D eigenvalue weighted by molar-refractivity contribution is 6.23. The third kappa shape index (κ3) is 7.08. The Morgan fingerprint density at radius 3 is 2.62 bits per heavy atom. The predicted molar refractivity (Wildman–Crippen MR) is 119 cm³/mol. The number of carbonyl (C=O) groups is 4. The van der Waals surface area contributed by atoms with Gasteiger partial charge >= 0.3 is 6.09 Å². The van der Waals surface area contributed by atoms with Gasteiger partial charge < -0.3 is 20.5 Å². The van der Waals surface area contributed by atoms with E-state index in [1.807, 2.05) is 13.0 Å². The van der Waals surface area contributed by atoms with Crippen LogP contribution in [0.4, 0.5) is 4.79 Å². The zero-order valence-corrected chi connectivity index (χ0v) is 18.7. The summed E-state index contributed by atoms with van der Waals surface area (Å²) in [6.07, 6.45) is 10.8. The first-order chi connectivity index (χ1) is 15.2. The Labute approximate surface area is 187 Å². The molecule has 0 aromatic carbocycles. The number of fused-ring (bicyclic) bond motifs is 2. The molecule has 1 heterocycles. The number of ketones is 2. The van der Waals surface area contributed by atoms with Crippen molar-refractivity contribution in [3.63, 3.8) is 0 Å². The monoisotopic (exact) mass is 442 g/mol. The Morgan fingerprint density at radius 2 is 1.94 bits per heavy atom. The van der Waals surface area contributed by atoms with Gasteiger partial charge in [0.2, 0.25) is 11.6 Å². The van der Waals surface area contributed by atoms with E-state index in [9.17, 15) is 19.2 Å². The van der Waals surface area contributed by atoms with Crippen molar-refractivity contribution < 1.29 is 28.7 Å². The number of carbonyl (C=O) groups excluding carboxylic acids is 4. The van der Waals surface area contributed by atoms with Gasteiger partial charge in [0, 0.05) is 24.5 Å². The summed E-state index contributed by atoms with van der Waals surface area (Å²) in [5, 5.41) is 2.53. The van der Waals surface area contributed by atoms with Crippen molar-refractivity contribution in [1.82, 2.24) is 5.32 Å². The summed E-state index contributed by atoms with van der Waals surface area (Å²) in [5.74, 6) is -1.39. The van der Waals surface area contributed by atoms with Gasteiger partial charge in [-0.15, -0.1) is 0 Å². The Hall–Kier alpha value is -3.42. The number of hydrogen-bond donors (Lipinski definition) is 2. The number of methoxy groups -OCH3 is 1. The van der Waals surface area contributed by atoms with E-state index in [0.29, 0.717) is 18.4 Å². The fraction of sp³-hybridized carbons (Fsp3) is 0.417. The van der Waals surface area contributed by atoms with Crippen LogP contribution in [0, 0.1) is 0 Å². The topological polar surface area (TPSA) is 125 Å². The Morgan fingerprint density at radius 1 is 1.19 bits per heavy atom. The van der Waals surface area contributed by atoms with Gasteiger partial charge in [-0.1, -0.05) is 29.9 Å². The quantitative estimate of drug-likeness (QED) is 0.499. The van der Waals surface area contributed by atoms with E-state index < -0.39 is 23.6 Å². The van der Waals surface area contributed by atoms with Crippen LogP contribution < -0.4 is 11.1 Å². The summed E-state index contributed by atoms with van der Waals surface area (Å²) < 4.78 is 10.4. The molecule has 172 valence electrons. The molecule has 2 bridgehead atoms. The molecule has 1 aliphatic heterocycles. The van der Waals surface area contributed by atoms with Crippen molar-refractivity contribution in [1.29, 1.82) is 0 Å². The van der Waals surface area contributed by atoms with E-state index in [4.69, 9.17) is 15.2 Å². The molecule has 8 nitrogen and oxygen atoms in total. The maximum absolute atomic E-state index is 13.0. The second-order valence-electron chi connectivity index (χ2n) is 7.80. The molecular weight excluding hydrogens is 412 g/mol. The molecule has 8 heteroatoms. The summed E-state index contributed by atoms with van der Waals surface area (Å²) in [6, 6.07) is 0. The molecule has 0 saturated heterocycles. The van der Waals surface area contributed by atoms with Crippen LogP contribution in [0.5, 0.6) is 0 Å². The molecule has 0 radical (unpaired) electrons. The number of hydrogen-bond acceptors (Lipinski definition) is 6. The minimum atomic E-state index is -0.811. The lowest BCUT2D eigenvalue weighted by Gasteiger charge is -2.19. The average Bonchev–Trinajstić information content (AvgIpc) is 2.73. The average molecular weight is 443 g/mol. The molecule has 1 aliphatic carbocycles. The molecule has 0 aromatic rings. The van der Waals surface area contributed by atoms with Gasteiger partial charge in [0.25, 0.3) is 5.91 Å². The van der Waals surface area contributed by atoms with Crippen molar-refractivity contribution >= 4 is 23.6 Å². The molecule has 32 heavy (non-hydrogen) atoms. The second kappa shape index (κ2) is 11.8. The normalized spacial score (nSPS) is 25.8. The molecular formula is C24H30N2O6. The van der Waals surface area contributed by atoms with Gasteiger partial charge in [-0.2, -0.15) is 0 Å². The van der Waals surface area contributed by atoms with Gasteiger partial charge in [-0.25, -0.2) is 4.79 Å². The Balaban J connectivity index is 2.32. The van der Waals surface area contributed by atoms with Gasteiger partial charge in [0.15, 0.2) is 5.76 Å². The van der Waals surface area contributed by atoms with Crippen LogP contribution in [0.25, 0.3) is 0 Å². The molecule has 0 saturated carbocycles. The summed E-state index contributed by atoms with van der Waals surface area (Å²) >= 11 is 0. The smallest absolute Gasteiger partial charge is 0.404 e. The molecule has 0 aromatic heterocycles. The van der Waals surface area contributed by atoms with Gasteiger partial charge in [0.05, 0.1) is 18.4 Å². The van der Waals surface area contributed by atoms with Crippen LogP contribution in [0.1, 0.15) is 52.4 Å². The van der Waals surface area contributed by atoms with Crippen LogP contribution in [-0.4, -0.2) is 36.8 Å². The lowest BCUT2D eigenvalue weighted by atomic mass is 9.92. The molecule has 1 unspecified atom stereocenters. The van der Waals surface area contributed by atoms with Crippen LogP contribution in [-0.2, 0) is 23.9 Å². The zero-order chi connectivity index (χ0) is 23.7. The number of rotatable bonds is 2. The zero-order valence-electron chi connectivity index (χ0n) is 18.7. The number of allylic oxidation sites excluding steroid dienone is 6. The number of nitrogens with one attached hydrogen (secondary N) is 1. The van der Waals surface area contributed by atoms with E-state index in [0.717, 1.165) is 30.9 Å². The number of ether oxygens (including phenoxy) is 2. The van der Waals surface area contributed by atoms with Crippen LogP contribution >= 0.6 is 0 Å². The van der Waals surface area contributed by atoms with E-state index in [-0.39, 0.29) is 29.6 Å².